The predicted molar refractivity (Wildman–Crippen MR) is 114 cm³/mol. The molecule has 0 bridgehead atoms. The molecule has 1 N–H and O–H groups in total. The Morgan fingerprint density at radius 1 is 1.17 bits per heavy atom. The molecule has 0 spiro atoms. The van der Waals surface area contributed by atoms with Gasteiger partial charge in [-0.2, -0.15) is 0 Å². The van der Waals surface area contributed by atoms with Crippen LogP contribution in [0.25, 0.3) is 0 Å². The van der Waals surface area contributed by atoms with Crippen molar-refractivity contribution in [2.45, 2.75) is 44.0 Å². The number of nitrogens with one attached hydrogen (secondary N) is 1. The van der Waals surface area contributed by atoms with Crippen LogP contribution in [0.2, 0.25) is 0 Å². The molecular weight excluding hydrogens is 404 g/mol. The van der Waals surface area contributed by atoms with Gasteiger partial charge in [0.05, 0.1) is 16.1 Å². The van der Waals surface area contributed by atoms with Crippen LogP contribution in [-0.4, -0.2) is 39.5 Å². The summed E-state index contributed by atoms with van der Waals surface area (Å²) < 4.78 is 33.0. The second-order valence-electron chi connectivity index (χ2n) is 7.29. The molecule has 2 aromatic carbocycles. The number of nitrogens with zero attached hydrogens (tertiary/aromatic N) is 1. The Balaban J connectivity index is 1.75. The first kappa shape index (κ1) is 21.8. The SMILES string of the molecule is CCCCNC(=O)COC(=O)c1cccc(S(=O)(=O)N2c3ccccc3C[C@H]2C)c1. The van der Waals surface area contributed by atoms with Gasteiger partial charge in [0.1, 0.15) is 0 Å². The van der Waals surface area contributed by atoms with Crippen molar-refractivity contribution >= 4 is 27.6 Å². The molecular formula is C22H26N2O5S. The highest BCUT2D eigenvalue weighted by Crippen LogP contribution is 2.36. The minimum atomic E-state index is -3.86. The number of para-hydroxylation sites is 1. The maximum atomic E-state index is 13.3. The third kappa shape index (κ3) is 4.64. The first-order valence-corrected chi connectivity index (χ1v) is 11.4. The molecule has 30 heavy (non-hydrogen) atoms. The monoisotopic (exact) mass is 430 g/mol. The van der Waals surface area contributed by atoms with Gasteiger partial charge in [-0.1, -0.05) is 37.6 Å². The van der Waals surface area contributed by atoms with Crippen molar-refractivity contribution < 1.29 is 22.7 Å². The van der Waals surface area contributed by atoms with Crippen molar-refractivity contribution in [3.8, 4) is 0 Å². The second kappa shape index (κ2) is 9.30. The lowest BCUT2D eigenvalue weighted by molar-refractivity contribution is -0.124. The minimum Gasteiger partial charge on any atom is -0.452 e. The number of benzene rings is 2. The van der Waals surface area contributed by atoms with E-state index >= 15 is 0 Å². The normalized spacial score (nSPS) is 15.5. The fourth-order valence-electron chi connectivity index (χ4n) is 3.47. The first-order valence-electron chi connectivity index (χ1n) is 10.0. The third-order valence-electron chi connectivity index (χ3n) is 4.96. The second-order valence-corrected chi connectivity index (χ2v) is 9.11. The summed E-state index contributed by atoms with van der Waals surface area (Å²) in [7, 11) is -3.86. The van der Waals surface area contributed by atoms with Crippen molar-refractivity contribution in [1.29, 1.82) is 0 Å². The van der Waals surface area contributed by atoms with E-state index in [1.807, 2.05) is 26.0 Å². The summed E-state index contributed by atoms with van der Waals surface area (Å²) in [6, 6.07) is 12.9. The fraction of sp³-hybridized carbons (Fsp3) is 0.364. The molecule has 0 saturated carbocycles. The number of hydrogen-bond acceptors (Lipinski definition) is 5. The largest absolute Gasteiger partial charge is 0.452 e. The number of unbranched alkanes of at least 4 members (excludes halogenated alkanes) is 1. The zero-order chi connectivity index (χ0) is 21.7. The van der Waals surface area contributed by atoms with Gasteiger partial charge in [0.15, 0.2) is 6.61 Å². The van der Waals surface area contributed by atoms with E-state index in [4.69, 9.17) is 4.74 Å². The van der Waals surface area contributed by atoms with E-state index in [0.29, 0.717) is 18.7 Å². The van der Waals surface area contributed by atoms with Crippen LogP contribution in [0.15, 0.2) is 53.4 Å². The van der Waals surface area contributed by atoms with Gasteiger partial charge in [-0.15, -0.1) is 0 Å². The molecule has 0 radical (unpaired) electrons. The molecule has 1 aliphatic heterocycles. The molecule has 7 nitrogen and oxygen atoms in total. The fourth-order valence-corrected chi connectivity index (χ4v) is 5.21. The van der Waals surface area contributed by atoms with Crippen LogP contribution in [0.1, 0.15) is 42.6 Å². The molecule has 1 amide bonds. The van der Waals surface area contributed by atoms with Crippen LogP contribution in [0.3, 0.4) is 0 Å². The summed E-state index contributed by atoms with van der Waals surface area (Å²) in [5, 5.41) is 2.66. The van der Waals surface area contributed by atoms with Crippen LogP contribution in [-0.2, 0) is 26.0 Å². The molecule has 0 unspecified atom stereocenters. The number of amides is 1. The Bertz CT molecular complexity index is 1040. The van der Waals surface area contributed by atoms with E-state index in [0.717, 1.165) is 18.4 Å². The summed E-state index contributed by atoms with van der Waals surface area (Å²) >= 11 is 0. The highest BCUT2D eigenvalue weighted by molar-refractivity contribution is 7.92. The highest BCUT2D eigenvalue weighted by atomic mass is 32.2. The molecule has 0 fully saturated rings. The lowest BCUT2D eigenvalue weighted by Crippen LogP contribution is -2.35. The van der Waals surface area contributed by atoms with E-state index in [1.54, 1.807) is 12.1 Å². The number of carbonyl (C=O) groups excluding carboxylic acids is 2. The third-order valence-corrected chi connectivity index (χ3v) is 6.88. The van der Waals surface area contributed by atoms with E-state index in [9.17, 15) is 18.0 Å². The number of sulfonamides is 1. The van der Waals surface area contributed by atoms with Crippen LogP contribution < -0.4 is 9.62 Å². The molecule has 1 atom stereocenters. The van der Waals surface area contributed by atoms with Gasteiger partial charge in [0.2, 0.25) is 0 Å². The number of esters is 1. The van der Waals surface area contributed by atoms with Crippen molar-refractivity contribution in [2.75, 3.05) is 17.5 Å². The maximum Gasteiger partial charge on any atom is 0.338 e. The summed E-state index contributed by atoms with van der Waals surface area (Å²) in [4.78, 5) is 24.1. The van der Waals surface area contributed by atoms with Crippen molar-refractivity contribution in [3.63, 3.8) is 0 Å². The summed E-state index contributed by atoms with van der Waals surface area (Å²) in [6.45, 7) is 3.98. The quantitative estimate of drug-likeness (QED) is 0.513. The van der Waals surface area contributed by atoms with Gasteiger partial charge < -0.3 is 10.1 Å². The zero-order valence-corrected chi connectivity index (χ0v) is 17.9. The topological polar surface area (TPSA) is 92.8 Å². The number of fused-ring (bicyclic) bond motifs is 1. The molecule has 3 rings (SSSR count). The van der Waals surface area contributed by atoms with Crippen molar-refractivity contribution in [3.05, 3.63) is 59.7 Å². The van der Waals surface area contributed by atoms with Gasteiger partial charge in [-0.3, -0.25) is 9.10 Å². The zero-order valence-electron chi connectivity index (χ0n) is 17.1. The first-order chi connectivity index (χ1) is 14.3. The number of carbonyl (C=O) groups is 2. The molecule has 160 valence electrons. The van der Waals surface area contributed by atoms with Crippen LogP contribution in [0, 0.1) is 0 Å². The van der Waals surface area contributed by atoms with E-state index in [2.05, 4.69) is 5.32 Å². The molecule has 0 saturated heterocycles. The average Bonchev–Trinajstić information content (AvgIpc) is 3.08. The highest BCUT2D eigenvalue weighted by Gasteiger charge is 2.36. The molecule has 0 aliphatic carbocycles. The number of ether oxygens (including phenoxy) is 1. The Morgan fingerprint density at radius 3 is 2.70 bits per heavy atom. The van der Waals surface area contributed by atoms with Crippen LogP contribution in [0.5, 0.6) is 0 Å². The van der Waals surface area contributed by atoms with E-state index in [1.165, 1.54) is 28.6 Å². The van der Waals surface area contributed by atoms with Gasteiger partial charge in [-0.25, -0.2) is 13.2 Å². The summed E-state index contributed by atoms with van der Waals surface area (Å²) in [6.07, 6.45) is 2.42. The number of rotatable bonds is 8. The van der Waals surface area contributed by atoms with Gasteiger partial charge in [0, 0.05) is 12.6 Å². The molecule has 2 aromatic rings. The van der Waals surface area contributed by atoms with Gasteiger partial charge in [-0.05, 0) is 49.6 Å². The van der Waals surface area contributed by atoms with Gasteiger partial charge in [0.25, 0.3) is 15.9 Å². The number of hydrogen-bond donors (Lipinski definition) is 1. The van der Waals surface area contributed by atoms with Crippen molar-refractivity contribution in [2.24, 2.45) is 0 Å². The lowest BCUT2D eigenvalue weighted by atomic mass is 10.1. The smallest absolute Gasteiger partial charge is 0.338 e. The number of anilines is 1. The lowest BCUT2D eigenvalue weighted by Gasteiger charge is -2.24. The van der Waals surface area contributed by atoms with Crippen molar-refractivity contribution in [1.82, 2.24) is 5.32 Å². The standard InChI is InChI=1S/C22H26N2O5S/c1-3-4-12-23-21(25)15-29-22(26)18-9-7-10-19(14-18)30(27,28)24-16(2)13-17-8-5-6-11-20(17)24/h5-11,14,16H,3-4,12-13,15H2,1-2H3,(H,23,25)/t16-/m1/s1. The van der Waals surface area contributed by atoms with E-state index in [-0.39, 0.29) is 22.4 Å². The van der Waals surface area contributed by atoms with E-state index < -0.39 is 22.6 Å². The van der Waals surface area contributed by atoms with Crippen LogP contribution >= 0.6 is 0 Å². The summed E-state index contributed by atoms with van der Waals surface area (Å²) in [5.41, 5.74) is 1.71. The Morgan fingerprint density at radius 2 is 1.93 bits per heavy atom. The summed E-state index contributed by atoms with van der Waals surface area (Å²) in [5.74, 6) is -1.13. The van der Waals surface area contributed by atoms with Crippen LogP contribution in [0.4, 0.5) is 5.69 Å². The molecule has 1 aliphatic rings. The maximum absolute atomic E-state index is 13.3. The Labute approximate surface area is 177 Å². The average molecular weight is 431 g/mol. The Hall–Kier alpha value is -2.87. The molecule has 0 aromatic heterocycles. The minimum absolute atomic E-state index is 0.00732. The predicted octanol–water partition coefficient (Wildman–Crippen LogP) is 2.90. The molecule has 8 heteroatoms. The molecule has 1 heterocycles. The Kier molecular flexibility index (Phi) is 6.77. The van der Waals surface area contributed by atoms with Gasteiger partial charge >= 0.3 is 5.97 Å².